The van der Waals surface area contributed by atoms with Crippen LogP contribution in [0.1, 0.15) is 10.4 Å². The number of nitrogens with one attached hydrogen (secondary N) is 2. The Morgan fingerprint density at radius 1 is 1.53 bits per heavy atom. The van der Waals surface area contributed by atoms with E-state index in [0.29, 0.717) is 10.7 Å². The van der Waals surface area contributed by atoms with Crippen molar-refractivity contribution < 1.29 is 4.79 Å². The highest BCUT2D eigenvalue weighted by Crippen LogP contribution is 2.16. The number of carbonyl (C=O) groups excluding carboxylic acids is 1. The Bertz CT molecular complexity index is 604. The zero-order chi connectivity index (χ0) is 11.7. The Morgan fingerprint density at radius 3 is 3.29 bits per heavy atom. The normalized spacial score (nSPS) is 14.9. The first-order valence-electron chi connectivity index (χ1n) is 5.25. The Labute approximate surface area is 102 Å². The summed E-state index contributed by atoms with van der Waals surface area (Å²) < 4.78 is 0. The number of amidine groups is 1. The van der Waals surface area contributed by atoms with Crippen molar-refractivity contribution in [2.24, 2.45) is 4.99 Å². The fraction of sp³-hybridized carbons (Fsp3) is 0.182. The number of hydrogen-bond acceptors (Lipinski definition) is 4. The Kier molecular flexibility index (Phi) is 2.56. The molecule has 5 nitrogen and oxygen atoms in total. The number of hydrogen-bond donors (Lipinski definition) is 2. The Hall–Kier alpha value is -1.82. The molecule has 0 spiro atoms. The van der Waals surface area contributed by atoms with Gasteiger partial charge in [-0.3, -0.25) is 9.79 Å². The second-order valence-electron chi connectivity index (χ2n) is 3.59. The summed E-state index contributed by atoms with van der Waals surface area (Å²) in [4.78, 5) is 23.3. The van der Waals surface area contributed by atoms with E-state index in [0.717, 1.165) is 23.3 Å². The fourth-order valence-electron chi connectivity index (χ4n) is 1.72. The standard InChI is InChI=1S/C11H10N4OS/c16-10(15-11-13-4-5-17-11)8-6-14-9-7(8)2-1-3-12-9/h1-3,6H,4-5H2,(H,12,14)(H,13,15,16). The summed E-state index contributed by atoms with van der Waals surface area (Å²) in [6.45, 7) is 0.774. The molecule has 17 heavy (non-hydrogen) atoms. The van der Waals surface area contributed by atoms with Gasteiger partial charge in [0.25, 0.3) is 5.91 Å². The van der Waals surface area contributed by atoms with Crippen LogP contribution >= 0.6 is 11.8 Å². The third-order valence-corrected chi connectivity index (χ3v) is 3.39. The molecule has 0 saturated carbocycles. The number of aromatic nitrogens is 2. The predicted molar refractivity (Wildman–Crippen MR) is 68.3 cm³/mol. The average Bonchev–Trinajstić information content (AvgIpc) is 2.96. The first-order chi connectivity index (χ1) is 8.34. The van der Waals surface area contributed by atoms with E-state index in [1.165, 1.54) is 0 Å². The molecular formula is C11H10N4OS. The lowest BCUT2D eigenvalue weighted by molar-refractivity contribution is 0.0979. The minimum Gasteiger partial charge on any atom is -0.345 e. The summed E-state index contributed by atoms with van der Waals surface area (Å²) >= 11 is 1.57. The summed E-state index contributed by atoms with van der Waals surface area (Å²) in [7, 11) is 0. The number of rotatable bonds is 1. The number of pyridine rings is 1. The smallest absolute Gasteiger partial charge is 0.259 e. The van der Waals surface area contributed by atoms with Crippen LogP contribution in [0.3, 0.4) is 0 Å². The summed E-state index contributed by atoms with van der Waals surface area (Å²) in [5, 5.41) is 4.33. The van der Waals surface area contributed by atoms with Crippen molar-refractivity contribution >= 4 is 33.9 Å². The first-order valence-corrected chi connectivity index (χ1v) is 6.24. The van der Waals surface area contributed by atoms with Crippen LogP contribution in [0.25, 0.3) is 11.0 Å². The molecule has 86 valence electrons. The van der Waals surface area contributed by atoms with Gasteiger partial charge in [-0.25, -0.2) is 4.98 Å². The van der Waals surface area contributed by atoms with Gasteiger partial charge in [0.15, 0.2) is 5.17 Å². The van der Waals surface area contributed by atoms with E-state index >= 15 is 0 Å². The molecule has 1 aliphatic rings. The van der Waals surface area contributed by atoms with Gasteiger partial charge in [0.05, 0.1) is 12.1 Å². The highest BCUT2D eigenvalue weighted by Gasteiger charge is 2.15. The Morgan fingerprint density at radius 2 is 2.47 bits per heavy atom. The van der Waals surface area contributed by atoms with Crippen molar-refractivity contribution in [3.05, 3.63) is 30.1 Å². The second kappa shape index (κ2) is 4.21. The third-order valence-electron chi connectivity index (χ3n) is 2.50. The van der Waals surface area contributed by atoms with Gasteiger partial charge in [0, 0.05) is 23.5 Å². The molecule has 0 aliphatic carbocycles. The number of fused-ring (bicyclic) bond motifs is 1. The number of aliphatic imine (C=N–C) groups is 1. The third kappa shape index (κ3) is 1.91. The van der Waals surface area contributed by atoms with Crippen molar-refractivity contribution in [3.8, 4) is 0 Å². The summed E-state index contributed by atoms with van der Waals surface area (Å²) in [6.07, 6.45) is 3.37. The van der Waals surface area contributed by atoms with Gasteiger partial charge in [-0.1, -0.05) is 11.8 Å². The van der Waals surface area contributed by atoms with E-state index in [9.17, 15) is 4.79 Å². The van der Waals surface area contributed by atoms with Crippen LogP contribution < -0.4 is 5.32 Å². The molecule has 1 amide bonds. The summed E-state index contributed by atoms with van der Waals surface area (Å²) in [5.41, 5.74) is 1.32. The van der Waals surface area contributed by atoms with Crippen molar-refractivity contribution in [1.29, 1.82) is 0 Å². The van der Waals surface area contributed by atoms with Crippen LogP contribution in [0.15, 0.2) is 29.5 Å². The molecule has 3 rings (SSSR count). The van der Waals surface area contributed by atoms with Gasteiger partial charge >= 0.3 is 0 Å². The van der Waals surface area contributed by atoms with E-state index in [2.05, 4.69) is 20.3 Å². The maximum absolute atomic E-state index is 12.0. The monoisotopic (exact) mass is 246 g/mol. The molecule has 0 atom stereocenters. The molecule has 0 saturated heterocycles. The molecule has 1 aliphatic heterocycles. The van der Waals surface area contributed by atoms with Crippen LogP contribution in [0.4, 0.5) is 0 Å². The number of thioether (sulfide) groups is 1. The van der Waals surface area contributed by atoms with E-state index in [1.807, 2.05) is 12.1 Å². The molecule has 0 unspecified atom stereocenters. The molecule has 0 radical (unpaired) electrons. The maximum atomic E-state index is 12.0. The van der Waals surface area contributed by atoms with Crippen LogP contribution in [-0.4, -0.2) is 33.3 Å². The minimum atomic E-state index is -0.141. The number of H-pyrrole nitrogens is 1. The molecule has 0 fully saturated rings. The molecule has 3 heterocycles. The van der Waals surface area contributed by atoms with Crippen LogP contribution in [-0.2, 0) is 0 Å². The highest BCUT2D eigenvalue weighted by atomic mass is 32.2. The van der Waals surface area contributed by atoms with Crippen LogP contribution in [0, 0.1) is 0 Å². The summed E-state index contributed by atoms with van der Waals surface area (Å²) in [6, 6.07) is 3.69. The fourth-order valence-corrected chi connectivity index (χ4v) is 2.44. The van der Waals surface area contributed by atoms with Crippen molar-refractivity contribution in [1.82, 2.24) is 15.3 Å². The largest absolute Gasteiger partial charge is 0.345 e. The predicted octanol–water partition coefficient (Wildman–Crippen LogP) is 1.40. The average molecular weight is 246 g/mol. The topological polar surface area (TPSA) is 70.1 Å². The SMILES string of the molecule is O=C(NC1=NCCS1)c1c[nH]c2ncccc12. The lowest BCUT2D eigenvalue weighted by Gasteiger charge is -2.01. The zero-order valence-corrected chi connectivity index (χ0v) is 9.75. The molecule has 0 bridgehead atoms. The highest BCUT2D eigenvalue weighted by molar-refractivity contribution is 8.14. The van der Waals surface area contributed by atoms with Gasteiger partial charge < -0.3 is 10.3 Å². The number of amides is 1. The number of carbonyl (C=O) groups is 1. The van der Waals surface area contributed by atoms with Gasteiger partial charge in [-0.05, 0) is 12.1 Å². The number of aromatic amines is 1. The van der Waals surface area contributed by atoms with Gasteiger partial charge in [0.1, 0.15) is 5.65 Å². The van der Waals surface area contributed by atoms with Crippen molar-refractivity contribution in [2.75, 3.05) is 12.3 Å². The molecule has 2 N–H and O–H groups in total. The van der Waals surface area contributed by atoms with Crippen LogP contribution in [0.5, 0.6) is 0 Å². The van der Waals surface area contributed by atoms with E-state index < -0.39 is 0 Å². The second-order valence-corrected chi connectivity index (χ2v) is 4.68. The lowest BCUT2D eigenvalue weighted by atomic mass is 10.2. The van der Waals surface area contributed by atoms with Crippen LogP contribution in [0.2, 0.25) is 0 Å². The van der Waals surface area contributed by atoms with Crippen molar-refractivity contribution in [2.45, 2.75) is 0 Å². The molecule has 0 aromatic carbocycles. The van der Waals surface area contributed by atoms with Gasteiger partial charge in [0.2, 0.25) is 0 Å². The lowest BCUT2D eigenvalue weighted by Crippen LogP contribution is -2.27. The zero-order valence-electron chi connectivity index (χ0n) is 8.93. The summed E-state index contributed by atoms with van der Waals surface area (Å²) in [5.74, 6) is 0.794. The molecule has 2 aromatic heterocycles. The quantitative estimate of drug-likeness (QED) is 0.799. The molecule has 2 aromatic rings. The first kappa shape index (κ1) is 10.3. The Balaban J connectivity index is 1.90. The van der Waals surface area contributed by atoms with E-state index in [-0.39, 0.29) is 5.91 Å². The maximum Gasteiger partial charge on any atom is 0.259 e. The molecule has 6 heteroatoms. The van der Waals surface area contributed by atoms with E-state index in [4.69, 9.17) is 0 Å². The van der Waals surface area contributed by atoms with Crippen molar-refractivity contribution in [3.63, 3.8) is 0 Å². The van der Waals surface area contributed by atoms with E-state index in [1.54, 1.807) is 24.2 Å². The van der Waals surface area contributed by atoms with Gasteiger partial charge in [-0.2, -0.15) is 0 Å². The molecular weight excluding hydrogens is 236 g/mol. The number of nitrogens with zero attached hydrogens (tertiary/aromatic N) is 2. The minimum absolute atomic E-state index is 0.141. The van der Waals surface area contributed by atoms with Gasteiger partial charge in [-0.15, -0.1) is 0 Å².